The monoisotopic (exact) mass is 508 g/mol. The highest BCUT2D eigenvalue weighted by atomic mass is 16.2. The highest BCUT2D eigenvalue weighted by Gasteiger charge is 2.49. The lowest BCUT2D eigenvalue weighted by Gasteiger charge is -2.35. The predicted octanol–water partition coefficient (Wildman–Crippen LogP) is 7.76. The second kappa shape index (κ2) is 9.19. The molecule has 1 unspecified atom stereocenters. The van der Waals surface area contributed by atoms with Crippen LogP contribution in [0.1, 0.15) is 22.7 Å². The van der Waals surface area contributed by atoms with Crippen LogP contribution in [0.15, 0.2) is 127 Å². The van der Waals surface area contributed by atoms with Gasteiger partial charge in [0.25, 0.3) is 0 Å². The number of carbonyl (C=O) groups is 2. The smallest absolute Gasteiger partial charge is 0.306 e. The third-order valence-electron chi connectivity index (χ3n) is 7.22. The third-order valence-corrected chi connectivity index (χ3v) is 7.22. The van der Waals surface area contributed by atoms with Gasteiger partial charge in [0.1, 0.15) is 6.04 Å². The fourth-order valence-corrected chi connectivity index (χ4v) is 5.64. The van der Waals surface area contributed by atoms with Crippen molar-refractivity contribution in [3.63, 3.8) is 0 Å². The molecule has 1 heterocycles. The summed E-state index contributed by atoms with van der Waals surface area (Å²) in [5.74, 6) is 0. The van der Waals surface area contributed by atoms with Crippen LogP contribution in [0.2, 0.25) is 0 Å². The van der Waals surface area contributed by atoms with Crippen molar-refractivity contribution in [2.45, 2.75) is 6.04 Å². The van der Waals surface area contributed by atoms with E-state index in [1.54, 1.807) is 5.01 Å². The maximum Gasteiger partial charge on any atom is 0.345 e. The van der Waals surface area contributed by atoms with E-state index < -0.39 is 18.1 Å². The van der Waals surface area contributed by atoms with Crippen molar-refractivity contribution < 1.29 is 9.59 Å². The number of hydrogen-bond donors (Lipinski definition) is 2. The molecule has 6 heteroatoms. The molecule has 4 amide bonds. The number of rotatable bonds is 3. The molecule has 2 aliphatic rings. The predicted molar refractivity (Wildman–Crippen MR) is 155 cm³/mol. The summed E-state index contributed by atoms with van der Waals surface area (Å²) in [6.45, 7) is 0. The van der Waals surface area contributed by atoms with Crippen molar-refractivity contribution in [2.24, 2.45) is 0 Å². The molecule has 0 saturated carbocycles. The fraction of sp³-hybridized carbons (Fsp3) is 0.0303. The standard InChI is InChI=1S/C33H24N4O2/c38-32(34-24-16-6-2-7-17-24)36-30(23-12-4-1-5-13-23)29-26-20-10-14-22-15-11-21-27(28(22)26)31(29)37(36)33(39)35-25-18-8-3-9-19-25/h1-21,30H,(H,34,38)(H,35,39). The number of hydrogen-bond acceptors (Lipinski definition) is 2. The quantitative estimate of drug-likeness (QED) is 0.262. The molecule has 0 radical (unpaired) electrons. The summed E-state index contributed by atoms with van der Waals surface area (Å²) in [6.07, 6.45) is 0. The topological polar surface area (TPSA) is 64.7 Å². The van der Waals surface area contributed by atoms with Crippen LogP contribution in [0, 0.1) is 0 Å². The maximum atomic E-state index is 14.1. The zero-order valence-electron chi connectivity index (χ0n) is 20.9. The molecular formula is C33H24N4O2. The van der Waals surface area contributed by atoms with Crippen molar-refractivity contribution in [3.8, 4) is 0 Å². The number of amides is 4. The van der Waals surface area contributed by atoms with Gasteiger partial charge < -0.3 is 10.6 Å². The van der Waals surface area contributed by atoms with E-state index in [0.29, 0.717) is 17.1 Å². The Hall–Kier alpha value is -5.36. The number of carbonyl (C=O) groups excluding carboxylic acids is 2. The molecule has 39 heavy (non-hydrogen) atoms. The fourth-order valence-electron chi connectivity index (χ4n) is 5.64. The van der Waals surface area contributed by atoms with E-state index in [2.05, 4.69) is 28.8 Å². The van der Waals surface area contributed by atoms with Crippen LogP contribution >= 0.6 is 0 Å². The minimum atomic E-state index is -0.524. The van der Waals surface area contributed by atoms with Crippen LogP contribution < -0.4 is 10.6 Å². The van der Waals surface area contributed by atoms with Crippen LogP contribution in [0.25, 0.3) is 22.0 Å². The van der Waals surface area contributed by atoms with Gasteiger partial charge in [-0.25, -0.2) is 14.6 Å². The molecule has 188 valence electrons. The van der Waals surface area contributed by atoms with Crippen molar-refractivity contribution in [3.05, 3.63) is 144 Å². The molecule has 0 spiro atoms. The van der Waals surface area contributed by atoms with Gasteiger partial charge in [-0.05, 0) is 46.2 Å². The zero-order valence-corrected chi connectivity index (χ0v) is 20.9. The normalized spacial score (nSPS) is 15.4. The Kier molecular flexibility index (Phi) is 5.37. The number of para-hydroxylation sites is 2. The zero-order chi connectivity index (χ0) is 26.3. The number of benzene rings is 5. The summed E-state index contributed by atoms with van der Waals surface area (Å²) in [7, 11) is 0. The van der Waals surface area contributed by atoms with Gasteiger partial charge in [0, 0.05) is 22.5 Å². The van der Waals surface area contributed by atoms with E-state index in [1.165, 1.54) is 5.01 Å². The van der Waals surface area contributed by atoms with Gasteiger partial charge in [-0.15, -0.1) is 0 Å². The summed E-state index contributed by atoms with van der Waals surface area (Å²) in [5, 5.41) is 11.2. The summed E-state index contributed by atoms with van der Waals surface area (Å²) >= 11 is 0. The Morgan fingerprint density at radius 2 is 1.10 bits per heavy atom. The molecule has 5 aromatic rings. The Morgan fingerprint density at radius 3 is 1.72 bits per heavy atom. The lowest BCUT2D eigenvalue weighted by Crippen LogP contribution is -2.49. The first kappa shape index (κ1) is 22.8. The highest BCUT2D eigenvalue weighted by Crippen LogP contribution is 2.56. The molecule has 5 aromatic carbocycles. The summed E-state index contributed by atoms with van der Waals surface area (Å²) < 4.78 is 0. The first-order chi connectivity index (χ1) is 19.2. The van der Waals surface area contributed by atoms with E-state index in [1.807, 2.05) is 109 Å². The molecule has 7 rings (SSSR count). The van der Waals surface area contributed by atoms with Gasteiger partial charge in [0.15, 0.2) is 0 Å². The van der Waals surface area contributed by atoms with Crippen molar-refractivity contribution >= 4 is 45.5 Å². The van der Waals surface area contributed by atoms with Crippen molar-refractivity contribution in [1.82, 2.24) is 10.0 Å². The van der Waals surface area contributed by atoms with Gasteiger partial charge in [-0.2, -0.15) is 5.01 Å². The highest BCUT2D eigenvalue weighted by molar-refractivity contribution is 6.19. The van der Waals surface area contributed by atoms with Gasteiger partial charge in [-0.3, -0.25) is 0 Å². The minimum Gasteiger partial charge on any atom is -0.306 e. The van der Waals surface area contributed by atoms with Gasteiger partial charge >= 0.3 is 12.1 Å². The molecule has 2 N–H and O–H groups in total. The van der Waals surface area contributed by atoms with Crippen molar-refractivity contribution in [2.75, 3.05) is 10.6 Å². The molecule has 1 aliphatic heterocycles. The van der Waals surface area contributed by atoms with Crippen LogP contribution in [0.3, 0.4) is 0 Å². The molecule has 0 saturated heterocycles. The van der Waals surface area contributed by atoms with Crippen molar-refractivity contribution in [1.29, 1.82) is 0 Å². The second-order valence-electron chi connectivity index (χ2n) is 9.53. The van der Waals surface area contributed by atoms with Crippen LogP contribution in [0.4, 0.5) is 21.0 Å². The summed E-state index contributed by atoms with van der Waals surface area (Å²) in [5.41, 5.74) is 5.80. The summed E-state index contributed by atoms with van der Waals surface area (Å²) in [4.78, 5) is 28.2. The third kappa shape index (κ3) is 3.73. The van der Waals surface area contributed by atoms with E-state index in [4.69, 9.17) is 0 Å². The molecule has 1 aliphatic carbocycles. The number of fused-ring (bicyclic) bond motifs is 2. The van der Waals surface area contributed by atoms with Crippen LogP contribution in [0.5, 0.6) is 0 Å². The Labute approximate surface area is 225 Å². The first-order valence-electron chi connectivity index (χ1n) is 12.8. The minimum absolute atomic E-state index is 0.405. The number of nitrogens with one attached hydrogen (secondary N) is 2. The lowest BCUT2D eigenvalue weighted by atomic mass is 9.93. The molecule has 0 aromatic heterocycles. The second-order valence-corrected chi connectivity index (χ2v) is 9.53. The van der Waals surface area contributed by atoms with Crippen LogP contribution in [-0.2, 0) is 0 Å². The largest absolute Gasteiger partial charge is 0.345 e. The average Bonchev–Trinajstić information content (AvgIpc) is 3.50. The number of anilines is 2. The molecule has 0 bridgehead atoms. The van der Waals surface area contributed by atoms with E-state index in [9.17, 15) is 9.59 Å². The van der Waals surface area contributed by atoms with Gasteiger partial charge in [0.2, 0.25) is 0 Å². The first-order valence-corrected chi connectivity index (χ1v) is 12.8. The molecule has 1 atom stereocenters. The Balaban J connectivity index is 1.43. The SMILES string of the molecule is O=C(Nc1ccccc1)N1C2=C(c3cccc4cccc2c34)C(c2ccccc2)N1C(=O)Nc1ccccc1. The van der Waals surface area contributed by atoms with Crippen LogP contribution in [-0.4, -0.2) is 22.1 Å². The van der Waals surface area contributed by atoms with Gasteiger partial charge in [-0.1, -0.05) is 103 Å². The molecule has 0 fully saturated rings. The van der Waals surface area contributed by atoms with E-state index in [0.717, 1.165) is 33.0 Å². The lowest BCUT2D eigenvalue weighted by molar-refractivity contribution is 0.0994. The Bertz CT molecular complexity index is 1750. The van der Waals surface area contributed by atoms with E-state index in [-0.39, 0.29) is 0 Å². The molecular weight excluding hydrogens is 484 g/mol. The number of urea groups is 2. The Morgan fingerprint density at radius 1 is 0.564 bits per heavy atom. The number of hydrazine groups is 1. The van der Waals surface area contributed by atoms with Gasteiger partial charge in [0.05, 0.1) is 5.70 Å². The van der Waals surface area contributed by atoms with E-state index >= 15 is 0 Å². The number of nitrogens with zero attached hydrogens (tertiary/aromatic N) is 2. The summed E-state index contributed by atoms with van der Waals surface area (Å²) in [6, 6.07) is 39.4. The molecule has 6 nitrogen and oxygen atoms in total. The maximum absolute atomic E-state index is 14.1. The average molecular weight is 509 g/mol.